The van der Waals surface area contributed by atoms with Crippen molar-refractivity contribution in [2.24, 2.45) is 5.73 Å². The van der Waals surface area contributed by atoms with Crippen LogP contribution in [0.2, 0.25) is 10.0 Å². The zero-order chi connectivity index (χ0) is 19.1. The minimum absolute atomic E-state index is 0.272. The summed E-state index contributed by atoms with van der Waals surface area (Å²) in [5, 5.41) is 15.2. The highest BCUT2D eigenvalue weighted by atomic mass is 35.5. The average Bonchev–Trinajstić information content (AvgIpc) is 3.01. The first-order valence-corrected chi connectivity index (χ1v) is 8.94. The van der Waals surface area contributed by atoms with Crippen LogP contribution in [0.15, 0.2) is 64.4 Å². The van der Waals surface area contributed by atoms with E-state index in [-0.39, 0.29) is 5.82 Å². The molecule has 2 aromatic carbocycles. The Bertz CT molecular complexity index is 1110. The standard InChI is InChI=1S/C20H14Cl2N4O/c1-11-17-18(12-4-2-5-13(21)8-12)16(10-23)19(24)26(20(17)27-25-11)15-7-3-6-14(22)9-15/h2-9,18H,24H2,1H3. The number of allylic oxidation sites excluding steroid dienone is 1. The number of halogens is 2. The first-order chi connectivity index (χ1) is 13.0. The molecule has 1 aliphatic rings. The van der Waals surface area contributed by atoms with E-state index in [1.165, 1.54) is 0 Å². The molecular formula is C20H14Cl2N4O. The molecule has 1 unspecified atom stereocenters. The molecule has 4 rings (SSSR count). The van der Waals surface area contributed by atoms with E-state index in [1.54, 1.807) is 23.1 Å². The fraction of sp³-hybridized carbons (Fsp3) is 0.100. The number of nitrogens with zero attached hydrogens (tertiary/aromatic N) is 3. The van der Waals surface area contributed by atoms with Crippen molar-refractivity contribution >= 4 is 34.8 Å². The number of aryl methyl sites for hydroxylation is 1. The van der Waals surface area contributed by atoms with Crippen molar-refractivity contribution in [1.82, 2.24) is 5.16 Å². The van der Waals surface area contributed by atoms with Gasteiger partial charge in [0.25, 0.3) is 0 Å². The van der Waals surface area contributed by atoms with Crippen LogP contribution >= 0.6 is 23.2 Å². The minimum Gasteiger partial charge on any atom is -0.384 e. The Morgan fingerprint density at radius 3 is 2.52 bits per heavy atom. The molecule has 2 N–H and O–H groups in total. The summed E-state index contributed by atoms with van der Waals surface area (Å²) in [6, 6.07) is 16.8. The predicted octanol–water partition coefficient (Wildman–Crippen LogP) is 5.27. The number of hydrogen-bond acceptors (Lipinski definition) is 5. The molecule has 0 amide bonds. The molecule has 0 saturated heterocycles. The fourth-order valence-corrected chi connectivity index (χ4v) is 3.78. The van der Waals surface area contributed by atoms with Crippen LogP contribution in [0.25, 0.3) is 0 Å². The summed E-state index contributed by atoms with van der Waals surface area (Å²) in [5.41, 5.74) is 9.82. The van der Waals surface area contributed by atoms with Gasteiger partial charge in [-0.2, -0.15) is 5.26 Å². The highest BCUT2D eigenvalue weighted by Gasteiger charge is 2.38. The number of nitriles is 1. The van der Waals surface area contributed by atoms with Crippen LogP contribution in [0, 0.1) is 18.3 Å². The molecule has 7 heteroatoms. The van der Waals surface area contributed by atoms with Crippen LogP contribution in [-0.4, -0.2) is 5.16 Å². The van der Waals surface area contributed by atoms with Gasteiger partial charge in [0.2, 0.25) is 5.88 Å². The summed E-state index contributed by atoms with van der Waals surface area (Å²) in [6.45, 7) is 1.84. The maximum absolute atomic E-state index is 9.91. The van der Waals surface area contributed by atoms with Gasteiger partial charge in [0, 0.05) is 10.0 Å². The smallest absolute Gasteiger partial charge is 0.241 e. The molecule has 0 spiro atoms. The van der Waals surface area contributed by atoms with Crippen molar-refractivity contribution in [3.8, 4) is 6.07 Å². The van der Waals surface area contributed by atoms with E-state index < -0.39 is 5.92 Å². The number of rotatable bonds is 2. The average molecular weight is 397 g/mol. The van der Waals surface area contributed by atoms with Crippen molar-refractivity contribution in [2.75, 3.05) is 4.90 Å². The largest absolute Gasteiger partial charge is 0.384 e. The number of anilines is 2. The second kappa shape index (κ2) is 6.66. The normalized spacial score (nSPS) is 16.2. The first kappa shape index (κ1) is 17.5. The fourth-order valence-electron chi connectivity index (χ4n) is 3.39. The number of benzene rings is 2. The molecule has 0 bridgehead atoms. The van der Waals surface area contributed by atoms with Crippen molar-refractivity contribution < 1.29 is 4.52 Å². The Morgan fingerprint density at radius 1 is 1.15 bits per heavy atom. The summed E-state index contributed by atoms with van der Waals surface area (Å²) in [6.07, 6.45) is 0. The molecule has 1 aliphatic heterocycles. The van der Waals surface area contributed by atoms with Gasteiger partial charge in [-0.3, -0.25) is 4.90 Å². The van der Waals surface area contributed by atoms with Gasteiger partial charge in [0.15, 0.2) is 0 Å². The van der Waals surface area contributed by atoms with Gasteiger partial charge in [0.05, 0.1) is 34.5 Å². The Kier molecular flexibility index (Phi) is 4.31. The Labute approximate surface area is 166 Å². The Hall–Kier alpha value is -2.94. The summed E-state index contributed by atoms with van der Waals surface area (Å²) in [5.74, 6) is 0.329. The second-order valence-corrected chi connectivity index (χ2v) is 7.07. The summed E-state index contributed by atoms with van der Waals surface area (Å²) in [4.78, 5) is 1.67. The van der Waals surface area contributed by atoms with Gasteiger partial charge in [0.1, 0.15) is 5.82 Å². The molecule has 3 aromatic rings. The van der Waals surface area contributed by atoms with Gasteiger partial charge >= 0.3 is 0 Å². The van der Waals surface area contributed by atoms with Gasteiger partial charge in [-0.05, 0) is 42.8 Å². The number of nitrogens with two attached hydrogens (primary N) is 1. The number of hydrogen-bond donors (Lipinski definition) is 1. The molecule has 5 nitrogen and oxygen atoms in total. The monoisotopic (exact) mass is 396 g/mol. The minimum atomic E-state index is -0.412. The van der Waals surface area contributed by atoms with E-state index in [4.69, 9.17) is 33.5 Å². The van der Waals surface area contributed by atoms with E-state index in [9.17, 15) is 5.26 Å². The van der Waals surface area contributed by atoms with Crippen LogP contribution in [0.3, 0.4) is 0 Å². The first-order valence-electron chi connectivity index (χ1n) is 8.18. The molecule has 0 fully saturated rings. The van der Waals surface area contributed by atoms with Crippen LogP contribution < -0.4 is 10.6 Å². The molecule has 1 aromatic heterocycles. The quantitative estimate of drug-likeness (QED) is 0.638. The van der Waals surface area contributed by atoms with E-state index in [0.29, 0.717) is 32.9 Å². The molecule has 1 atom stereocenters. The topological polar surface area (TPSA) is 79.1 Å². The van der Waals surface area contributed by atoms with Gasteiger partial charge in [-0.1, -0.05) is 46.6 Å². The lowest BCUT2D eigenvalue weighted by atomic mass is 9.82. The lowest BCUT2D eigenvalue weighted by Crippen LogP contribution is -2.31. The molecule has 27 heavy (non-hydrogen) atoms. The van der Waals surface area contributed by atoms with Crippen molar-refractivity contribution in [3.05, 3.63) is 86.8 Å². The highest BCUT2D eigenvalue weighted by Crippen LogP contribution is 2.48. The van der Waals surface area contributed by atoms with Gasteiger partial charge in [-0.15, -0.1) is 0 Å². The second-order valence-electron chi connectivity index (χ2n) is 6.20. The summed E-state index contributed by atoms with van der Waals surface area (Å²) >= 11 is 12.3. The maximum Gasteiger partial charge on any atom is 0.241 e. The predicted molar refractivity (Wildman–Crippen MR) is 105 cm³/mol. The van der Waals surface area contributed by atoms with Gasteiger partial charge < -0.3 is 10.3 Å². The molecule has 0 saturated carbocycles. The summed E-state index contributed by atoms with van der Waals surface area (Å²) < 4.78 is 5.62. The lowest BCUT2D eigenvalue weighted by Gasteiger charge is -2.32. The summed E-state index contributed by atoms with van der Waals surface area (Å²) in [7, 11) is 0. The third-order valence-electron chi connectivity index (χ3n) is 4.56. The molecule has 134 valence electrons. The van der Waals surface area contributed by atoms with E-state index in [2.05, 4.69) is 11.2 Å². The van der Waals surface area contributed by atoms with Crippen LogP contribution in [0.5, 0.6) is 0 Å². The van der Waals surface area contributed by atoms with Crippen molar-refractivity contribution in [2.45, 2.75) is 12.8 Å². The molecule has 0 radical (unpaired) electrons. The van der Waals surface area contributed by atoms with Gasteiger partial charge in [-0.25, -0.2) is 0 Å². The van der Waals surface area contributed by atoms with E-state index >= 15 is 0 Å². The molecule has 2 heterocycles. The zero-order valence-electron chi connectivity index (χ0n) is 14.3. The van der Waals surface area contributed by atoms with E-state index in [0.717, 1.165) is 11.1 Å². The highest BCUT2D eigenvalue weighted by molar-refractivity contribution is 6.31. The molecule has 0 aliphatic carbocycles. The Morgan fingerprint density at radius 2 is 1.85 bits per heavy atom. The van der Waals surface area contributed by atoms with Crippen molar-refractivity contribution in [3.63, 3.8) is 0 Å². The SMILES string of the molecule is Cc1noc2c1C(c1cccc(Cl)c1)C(C#N)=C(N)N2c1cccc(Cl)c1. The Balaban J connectivity index is 1.99. The van der Waals surface area contributed by atoms with Crippen LogP contribution in [0.1, 0.15) is 22.7 Å². The maximum atomic E-state index is 9.91. The van der Waals surface area contributed by atoms with Crippen LogP contribution in [-0.2, 0) is 0 Å². The third-order valence-corrected chi connectivity index (χ3v) is 5.03. The van der Waals surface area contributed by atoms with E-state index in [1.807, 2.05) is 37.3 Å². The zero-order valence-corrected chi connectivity index (χ0v) is 15.8. The third kappa shape index (κ3) is 2.84. The lowest BCUT2D eigenvalue weighted by molar-refractivity contribution is 0.420. The number of aromatic nitrogens is 1. The molecular weight excluding hydrogens is 383 g/mol. The number of fused-ring (bicyclic) bond motifs is 1. The van der Waals surface area contributed by atoms with Crippen molar-refractivity contribution in [1.29, 1.82) is 5.26 Å². The van der Waals surface area contributed by atoms with Crippen LogP contribution in [0.4, 0.5) is 11.6 Å².